The summed E-state index contributed by atoms with van der Waals surface area (Å²) in [6.45, 7) is 2.22. The first-order valence-corrected chi connectivity index (χ1v) is 7.94. The number of H-pyrrole nitrogens is 2. The molecule has 0 aromatic carbocycles. The number of carboxylic acid groups (broad SMARTS) is 1. The Morgan fingerprint density at radius 3 is 1.52 bits per heavy atom. The molecular weight excluding hydrogens is 442 g/mol. The highest BCUT2D eigenvalue weighted by atomic mass is 19.4. The molecule has 2 aromatic rings. The molecule has 0 unspecified atom stereocenters. The number of hydrogen-bond acceptors (Lipinski definition) is 5. The Bertz CT molecular complexity index is 1110. The second kappa shape index (κ2) is 9.06. The van der Waals surface area contributed by atoms with Crippen LogP contribution in [0.4, 0.5) is 26.3 Å². The van der Waals surface area contributed by atoms with Crippen LogP contribution < -0.4 is 11.1 Å². The molecule has 0 fully saturated rings. The molecule has 2 rings (SSSR count). The zero-order valence-electron chi connectivity index (χ0n) is 15.9. The van der Waals surface area contributed by atoms with Gasteiger partial charge in [0.05, 0.1) is 7.11 Å². The lowest BCUT2D eigenvalue weighted by molar-refractivity contribution is -0.142. The van der Waals surface area contributed by atoms with Crippen molar-refractivity contribution < 1.29 is 45.8 Å². The van der Waals surface area contributed by atoms with E-state index >= 15 is 0 Å². The number of methoxy groups -OCH3 is 1. The summed E-state index contributed by atoms with van der Waals surface area (Å²) in [4.78, 5) is 46.7. The molecule has 0 spiro atoms. The number of rotatable bonds is 2. The molecule has 3 N–H and O–H groups in total. The smallest absolute Gasteiger partial charge is 0.431 e. The lowest BCUT2D eigenvalue weighted by Crippen LogP contribution is -2.24. The number of esters is 1. The fourth-order valence-electron chi connectivity index (χ4n) is 2.28. The molecule has 31 heavy (non-hydrogen) atoms. The highest BCUT2D eigenvalue weighted by Gasteiger charge is 2.35. The highest BCUT2D eigenvalue weighted by molar-refractivity contribution is 5.89. The third-order valence-corrected chi connectivity index (χ3v) is 3.68. The molecule has 0 saturated heterocycles. The van der Waals surface area contributed by atoms with Gasteiger partial charge in [0.1, 0.15) is 22.5 Å². The van der Waals surface area contributed by atoms with Gasteiger partial charge in [0.15, 0.2) is 0 Å². The number of aromatic carboxylic acids is 1. The number of nitrogens with one attached hydrogen (secondary N) is 2. The van der Waals surface area contributed by atoms with Crippen molar-refractivity contribution >= 4 is 11.9 Å². The Kier molecular flexibility index (Phi) is 7.44. The van der Waals surface area contributed by atoms with Crippen LogP contribution in [0.3, 0.4) is 0 Å². The van der Waals surface area contributed by atoms with Gasteiger partial charge in [0.2, 0.25) is 0 Å². The average molecular weight is 456 g/mol. The van der Waals surface area contributed by atoms with E-state index in [0.717, 1.165) is 27.0 Å². The van der Waals surface area contributed by atoms with Gasteiger partial charge in [0.25, 0.3) is 11.1 Å². The van der Waals surface area contributed by atoms with E-state index in [1.54, 1.807) is 4.98 Å². The minimum atomic E-state index is -4.69. The van der Waals surface area contributed by atoms with Crippen LogP contribution in [-0.2, 0) is 17.1 Å². The topological polar surface area (TPSA) is 129 Å². The monoisotopic (exact) mass is 456 g/mol. The van der Waals surface area contributed by atoms with Crippen LogP contribution in [-0.4, -0.2) is 34.1 Å². The van der Waals surface area contributed by atoms with Gasteiger partial charge in [-0.05, 0) is 37.1 Å². The third kappa shape index (κ3) is 6.20. The summed E-state index contributed by atoms with van der Waals surface area (Å²) in [6.07, 6.45) is -9.35. The summed E-state index contributed by atoms with van der Waals surface area (Å²) in [6, 6.07) is 1.55. The van der Waals surface area contributed by atoms with Gasteiger partial charge >= 0.3 is 24.3 Å². The normalized spacial score (nSPS) is 11.4. The second-order valence-electron chi connectivity index (χ2n) is 5.93. The van der Waals surface area contributed by atoms with Crippen molar-refractivity contribution in [3.05, 3.63) is 66.5 Å². The molecule has 0 bridgehead atoms. The van der Waals surface area contributed by atoms with Gasteiger partial charge in [-0.3, -0.25) is 9.59 Å². The Morgan fingerprint density at radius 2 is 1.19 bits per heavy atom. The first-order valence-electron chi connectivity index (χ1n) is 7.94. The number of aromatic nitrogens is 2. The molecule has 0 atom stereocenters. The molecule has 8 nitrogen and oxygen atoms in total. The molecular formula is C17H14F6N2O6. The minimum absolute atomic E-state index is 0.243. The Morgan fingerprint density at radius 1 is 0.839 bits per heavy atom. The predicted molar refractivity (Wildman–Crippen MR) is 91.9 cm³/mol. The molecule has 14 heteroatoms. The van der Waals surface area contributed by atoms with Gasteiger partial charge in [-0.1, -0.05) is 0 Å². The average Bonchev–Trinajstić information content (AvgIpc) is 2.62. The zero-order chi connectivity index (χ0) is 24.3. The number of halogens is 6. The van der Waals surface area contributed by atoms with Crippen LogP contribution in [0.5, 0.6) is 0 Å². The second-order valence-corrected chi connectivity index (χ2v) is 5.93. The first-order chi connectivity index (χ1) is 14.0. The number of aryl methyl sites for hydroxylation is 2. The Balaban J connectivity index is 0.000000311. The van der Waals surface area contributed by atoms with Crippen molar-refractivity contribution in [2.45, 2.75) is 26.2 Å². The van der Waals surface area contributed by atoms with E-state index in [1.165, 1.54) is 4.98 Å². The molecule has 0 saturated carbocycles. The molecule has 0 amide bonds. The fourth-order valence-corrected chi connectivity index (χ4v) is 2.28. The predicted octanol–water partition coefficient (Wildman–Crippen LogP) is 2.89. The number of hydrogen-bond donors (Lipinski definition) is 3. The van der Waals surface area contributed by atoms with Crippen LogP contribution in [0.25, 0.3) is 0 Å². The number of ether oxygens (including phenoxy) is 1. The van der Waals surface area contributed by atoms with Crippen molar-refractivity contribution in [2.75, 3.05) is 7.11 Å². The summed E-state index contributed by atoms with van der Waals surface area (Å²) in [5, 5.41) is 8.48. The number of carbonyl (C=O) groups excluding carboxylic acids is 1. The van der Waals surface area contributed by atoms with Crippen molar-refractivity contribution in [2.24, 2.45) is 0 Å². The fraction of sp³-hybridized carbons (Fsp3) is 0.294. The zero-order valence-corrected chi connectivity index (χ0v) is 15.9. The Labute approximate surface area is 168 Å². The van der Waals surface area contributed by atoms with Crippen LogP contribution in [0, 0.1) is 13.8 Å². The van der Waals surface area contributed by atoms with Gasteiger partial charge < -0.3 is 19.8 Å². The van der Waals surface area contributed by atoms with Gasteiger partial charge in [-0.2, -0.15) is 26.3 Å². The van der Waals surface area contributed by atoms with Crippen LogP contribution >= 0.6 is 0 Å². The van der Waals surface area contributed by atoms with Gasteiger partial charge in [0, 0.05) is 0 Å². The van der Waals surface area contributed by atoms with E-state index in [0.29, 0.717) is 6.07 Å². The van der Waals surface area contributed by atoms with Gasteiger partial charge in [-0.15, -0.1) is 0 Å². The molecule has 0 aliphatic carbocycles. The summed E-state index contributed by atoms with van der Waals surface area (Å²) < 4.78 is 78.1. The SMILES string of the molecule is COC(=O)c1cc(C)c(C(F)(F)F)[nH]c1=O.Cc1cc(C(=O)O)c(=O)[nH]c1C(F)(F)F. The lowest BCUT2D eigenvalue weighted by Gasteiger charge is -2.10. The molecule has 0 aliphatic heterocycles. The highest BCUT2D eigenvalue weighted by Crippen LogP contribution is 2.30. The summed E-state index contributed by atoms with van der Waals surface area (Å²) in [5.74, 6) is -2.54. The Hall–Kier alpha value is -3.58. The van der Waals surface area contributed by atoms with Gasteiger partial charge in [-0.25, -0.2) is 9.59 Å². The number of alkyl halides is 6. The maximum Gasteiger partial charge on any atom is 0.431 e. The van der Waals surface area contributed by atoms with Crippen molar-refractivity contribution in [3.8, 4) is 0 Å². The number of pyridine rings is 2. The third-order valence-electron chi connectivity index (χ3n) is 3.68. The minimum Gasteiger partial charge on any atom is -0.477 e. The molecule has 2 aromatic heterocycles. The summed E-state index contributed by atoms with van der Waals surface area (Å²) in [7, 11) is 1.04. The molecule has 2 heterocycles. The summed E-state index contributed by atoms with van der Waals surface area (Å²) in [5.41, 5.74) is -6.51. The van der Waals surface area contributed by atoms with Crippen LogP contribution in [0.15, 0.2) is 21.7 Å². The van der Waals surface area contributed by atoms with E-state index in [4.69, 9.17) is 5.11 Å². The van der Waals surface area contributed by atoms with Crippen LogP contribution in [0.2, 0.25) is 0 Å². The first kappa shape index (κ1) is 25.5. The maximum atomic E-state index is 12.4. The summed E-state index contributed by atoms with van der Waals surface area (Å²) >= 11 is 0. The van der Waals surface area contributed by atoms with E-state index < -0.39 is 57.9 Å². The molecule has 170 valence electrons. The van der Waals surface area contributed by atoms with E-state index in [9.17, 15) is 45.5 Å². The maximum absolute atomic E-state index is 12.4. The standard InChI is InChI=1S/C9H8F3NO3.C8H6F3NO3/c1-4-3-5(8(15)16-2)7(14)13-6(4)9(10,11)12;1-3-2-4(7(14)15)6(13)12-5(3)8(9,10)11/h3H,1-2H3,(H,13,14);2H,1H3,(H,12,13)(H,14,15). The quantitative estimate of drug-likeness (QED) is 0.471. The number of carboxylic acids is 1. The van der Waals surface area contributed by atoms with Crippen LogP contribution in [0.1, 0.15) is 43.2 Å². The lowest BCUT2D eigenvalue weighted by atomic mass is 10.1. The molecule has 0 aliphatic rings. The van der Waals surface area contributed by atoms with Crippen molar-refractivity contribution in [1.82, 2.24) is 9.97 Å². The van der Waals surface area contributed by atoms with E-state index in [1.807, 2.05) is 0 Å². The largest absolute Gasteiger partial charge is 0.477 e. The van der Waals surface area contributed by atoms with E-state index in [2.05, 4.69) is 4.74 Å². The van der Waals surface area contributed by atoms with Crippen molar-refractivity contribution in [1.29, 1.82) is 0 Å². The number of aromatic amines is 2. The van der Waals surface area contributed by atoms with E-state index in [-0.39, 0.29) is 11.1 Å². The number of carbonyl (C=O) groups is 2. The van der Waals surface area contributed by atoms with Crippen molar-refractivity contribution in [3.63, 3.8) is 0 Å². The molecule has 0 radical (unpaired) electrons.